The maximum Gasteiger partial charge on any atom is 0.246 e. The molecule has 1 atom stereocenters. The molecule has 8 heteroatoms. The Morgan fingerprint density at radius 3 is 2.23 bits per heavy atom. The molecule has 1 aliphatic rings. The number of ether oxygens (including phenoxy) is 1. The third-order valence-corrected chi connectivity index (χ3v) is 4.17. The fraction of sp³-hybridized carbons (Fsp3) is 0.389. The van der Waals surface area contributed by atoms with Gasteiger partial charge in [0.15, 0.2) is 5.78 Å². The highest BCUT2D eigenvalue weighted by molar-refractivity contribution is 6.07. The summed E-state index contributed by atoms with van der Waals surface area (Å²) >= 11 is 0. The number of carbonyl (C=O) groups excluding carboxylic acids is 3. The maximum atomic E-state index is 12.2. The van der Waals surface area contributed by atoms with Gasteiger partial charge in [-0.3, -0.25) is 14.4 Å². The average molecular weight is 361 g/mol. The second-order valence-electron chi connectivity index (χ2n) is 5.87. The first kappa shape index (κ1) is 19.6. The van der Waals surface area contributed by atoms with Crippen molar-refractivity contribution in [2.75, 3.05) is 39.9 Å². The summed E-state index contributed by atoms with van der Waals surface area (Å²) < 4.78 is 5.03. The molecular weight excluding hydrogens is 338 g/mol. The van der Waals surface area contributed by atoms with Gasteiger partial charge in [-0.05, 0) is 30.3 Å². The SMILES string of the molecule is COc1ccc(C(=O)/C=C/C(=O)N2CCN(C(=O)C(N)CO)CC2)cc1. The van der Waals surface area contributed by atoms with Crippen molar-refractivity contribution in [3.8, 4) is 5.75 Å². The molecule has 0 aliphatic carbocycles. The van der Waals surface area contributed by atoms with E-state index in [4.69, 9.17) is 15.6 Å². The first-order valence-electron chi connectivity index (χ1n) is 8.27. The van der Waals surface area contributed by atoms with Crippen molar-refractivity contribution in [2.24, 2.45) is 5.73 Å². The van der Waals surface area contributed by atoms with Crippen LogP contribution in [0.2, 0.25) is 0 Å². The Balaban J connectivity index is 1.87. The van der Waals surface area contributed by atoms with Crippen molar-refractivity contribution < 1.29 is 24.2 Å². The monoisotopic (exact) mass is 361 g/mol. The fourth-order valence-electron chi connectivity index (χ4n) is 2.56. The van der Waals surface area contributed by atoms with Gasteiger partial charge in [0.1, 0.15) is 11.8 Å². The molecule has 0 saturated carbocycles. The van der Waals surface area contributed by atoms with Gasteiger partial charge in [-0.1, -0.05) is 0 Å². The van der Waals surface area contributed by atoms with Crippen molar-refractivity contribution in [1.82, 2.24) is 9.80 Å². The van der Waals surface area contributed by atoms with Crippen LogP contribution in [-0.4, -0.2) is 78.4 Å². The van der Waals surface area contributed by atoms with Gasteiger partial charge in [-0.15, -0.1) is 0 Å². The minimum Gasteiger partial charge on any atom is -0.497 e. The molecule has 1 aromatic carbocycles. The number of hydrogen-bond acceptors (Lipinski definition) is 6. The average Bonchev–Trinajstić information content (AvgIpc) is 2.70. The van der Waals surface area contributed by atoms with Crippen LogP contribution in [0, 0.1) is 0 Å². The number of nitrogens with two attached hydrogens (primary N) is 1. The van der Waals surface area contributed by atoms with Gasteiger partial charge in [-0.2, -0.15) is 0 Å². The number of allylic oxidation sites excluding steroid dienone is 1. The quantitative estimate of drug-likeness (QED) is 0.518. The number of nitrogens with zero attached hydrogens (tertiary/aromatic N) is 2. The molecule has 0 aromatic heterocycles. The Bertz CT molecular complexity index is 679. The topological polar surface area (TPSA) is 113 Å². The summed E-state index contributed by atoms with van der Waals surface area (Å²) in [7, 11) is 1.54. The predicted molar refractivity (Wildman–Crippen MR) is 94.7 cm³/mol. The molecule has 3 N–H and O–H groups in total. The van der Waals surface area contributed by atoms with Gasteiger partial charge < -0.3 is 25.4 Å². The van der Waals surface area contributed by atoms with Crippen LogP contribution >= 0.6 is 0 Å². The van der Waals surface area contributed by atoms with Gasteiger partial charge in [0.25, 0.3) is 0 Å². The third kappa shape index (κ3) is 4.90. The molecule has 1 unspecified atom stereocenters. The van der Waals surface area contributed by atoms with Crippen LogP contribution < -0.4 is 10.5 Å². The number of piperazine rings is 1. The van der Waals surface area contributed by atoms with Crippen LogP contribution in [0.4, 0.5) is 0 Å². The molecule has 1 aliphatic heterocycles. The number of carbonyl (C=O) groups is 3. The van der Waals surface area contributed by atoms with Crippen molar-refractivity contribution >= 4 is 17.6 Å². The van der Waals surface area contributed by atoms with Crippen LogP contribution in [0.15, 0.2) is 36.4 Å². The first-order valence-corrected chi connectivity index (χ1v) is 8.27. The lowest BCUT2D eigenvalue weighted by Gasteiger charge is -2.35. The Kier molecular flexibility index (Phi) is 6.88. The number of ketones is 1. The van der Waals surface area contributed by atoms with E-state index in [1.165, 1.54) is 17.1 Å². The van der Waals surface area contributed by atoms with E-state index < -0.39 is 12.6 Å². The predicted octanol–water partition coefficient (Wildman–Crippen LogP) is -0.575. The zero-order valence-electron chi connectivity index (χ0n) is 14.6. The van der Waals surface area contributed by atoms with Crippen molar-refractivity contribution in [1.29, 1.82) is 0 Å². The summed E-state index contributed by atoms with van der Waals surface area (Å²) in [5, 5.41) is 8.94. The molecule has 140 valence electrons. The second-order valence-corrected chi connectivity index (χ2v) is 5.87. The summed E-state index contributed by atoms with van der Waals surface area (Å²) in [6, 6.07) is 5.68. The molecule has 0 bridgehead atoms. The van der Waals surface area contributed by atoms with Crippen molar-refractivity contribution in [2.45, 2.75) is 6.04 Å². The van der Waals surface area contributed by atoms with Gasteiger partial charge in [-0.25, -0.2) is 0 Å². The highest BCUT2D eigenvalue weighted by Gasteiger charge is 2.26. The van der Waals surface area contributed by atoms with E-state index in [1.807, 2.05) is 0 Å². The standard InChI is InChI=1S/C18H23N3O5/c1-26-14-4-2-13(3-5-14)16(23)6-7-17(24)20-8-10-21(11-9-20)18(25)15(19)12-22/h2-7,15,22H,8-12,19H2,1H3/b7-6+. The van der Waals surface area contributed by atoms with Crippen LogP contribution in [0.3, 0.4) is 0 Å². The Morgan fingerprint density at radius 2 is 1.69 bits per heavy atom. The zero-order valence-corrected chi connectivity index (χ0v) is 14.6. The summed E-state index contributed by atoms with van der Waals surface area (Å²) in [6.45, 7) is 0.985. The molecule has 0 radical (unpaired) electrons. The number of aliphatic hydroxyl groups excluding tert-OH is 1. The van der Waals surface area contributed by atoms with Crippen LogP contribution in [-0.2, 0) is 9.59 Å². The number of aliphatic hydroxyl groups is 1. The number of rotatable bonds is 6. The van der Waals surface area contributed by atoms with Gasteiger partial charge in [0.2, 0.25) is 11.8 Å². The Labute approximate surface area is 151 Å². The van der Waals surface area contributed by atoms with E-state index in [0.717, 1.165) is 0 Å². The molecule has 1 saturated heterocycles. The molecule has 2 rings (SSSR count). The fourth-order valence-corrected chi connectivity index (χ4v) is 2.56. The lowest BCUT2D eigenvalue weighted by atomic mass is 10.1. The highest BCUT2D eigenvalue weighted by atomic mass is 16.5. The summed E-state index contributed by atoms with van der Waals surface area (Å²) in [6.07, 6.45) is 2.48. The van der Waals surface area contributed by atoms with E-state index in [-0.39, 0.29) is 17.6 Å². The summed E-state index contributed by atoms with van der Waals surface area (Å²) in [5.41, 5.74) is 5.98. The number of benzene rings is 1. The summed E-state index contributed by atoms with van der Waals surface area (Å²) in [5.74, 6) is -0.242. The molecular formula is C18H23N3O5. The number of hydrogen-bond donors (Lipinski definition) is 2. The van der Waals surface area contributed by atoms with Crippen LogP contribution in [0.5, 0.6) is 5.75 Å². The number of methoxy groups -OCH3 is 1. The van der Waals surface area contributed by atoms with E-state index in [2.05, 4.69) is 0 Å². The highest BCUT2D eigenvalue weighted by Crippen LogP contribution is 2.12. The first-order chi connectivity index (χ1) is 12.5. The van der Waals surface area contributed by atoms with Crippen molar-refractivity contribution in [3.63, 3.8) is 0 Å². The molecule has 1 heterocycles. The van der Waals surface area contributed by atoms with Crippen LogP contribution in [0.25, 0.3) is 0 Å². The van der Waals surface area contributed by atoms with E-state index in [0.29, 0.717) is 37.5 Å². The van der Waals surface area contributed by atoms with Crippen LogP contribution in [0.1, 0.15) is 10.4 Å². The molecule has 26 heavy (non-hydrogen) atoms. The van der Waals surface area contributed by atoms with Gasteiger partial charge in [0, 0.05) is 37.8 Å². The molecule has 1 fully saturated rings. The minimum absolute atomic E-state index is 0.274. The number of amides is 2. The second kappa shape index (κ2) is 9.12. The normalized spacial score (nSPS) is 15.8. The van der Waals surface area contributed by atoms with E-state index in [9.17, 15) is 14.4 Å². The van der Waals surface area contributed by atoms with Crippen molar-refractivity contribution in [3.05, 3.63) is 42.0 Å². The largest absolute Gasteiger partial charge is 0.497 e. The lowest BCUT2D eigenvalue weighted by molar-refractivity contribution is -0.138. The van der Waals surface area contributed by atoms with Gasteiger partial charge in [0.05, 0.1) is 13.7 Å². The van der Waals surface area contributed by atoms with E-state index >= 15 is 0 Å². The molecule has 2 amide bonds. The maximum absolute atomic E-state index is 12.2. The summed E-state index contributed by atoms with van der Waals surface area (Å²) in [4.78, 5) is 39.3. The molecule has 8 nitrogen and oxygen atoms in total. The Hall–Kier alpha value is -2.71. The van der Waals surface area contributed by atoms with Gasteiger partial charge >= 0.3 is 0 Å². The molecule has 1 aromatic rings. The smallest absolute Gasteiger partial charge is 0.246 e. The zero-order chi connectivity index (χ0) is 19.1. The molecule has 0 spiro atoms. The minimum atomic E-state index is -0.931. The lowest BCUT2D eigenvalue weighted by Crippen LogP contribution is -2.54. The van der Waals surface area contributed by atoms with E-state index in [1.54, 1.807) is 36.3 Å². The Morgan fingerprint density at radius 1 is 1.12 bits per heavy atom. The third-order valence-electron chi connectivity index (χ3n) is 4.17.